The van der Waals surface area contributed by atoms with Gasteiger partial charge in [0.2, 0.25) is 0 Å². The summed E-state index contributed by atoms with van der Waals surface area (Å²) in [6.45, 7) is 1.45. The quantitative estimate of drug-likeness (QED) is 0.761. The molecule has 1 fully saturated rings. The van der Waals surface area contributed by atoms with Crippen molar-refractivity contribution in [2.75, 3.05) is 32.8 Å². The van der Waals surface area contributed by atoms with Crippen LogP contribution in [-0.4, -0.2) is 50.8 Å². The third-order valence-electron chi connectivity index (χ3n) is 3.25. The van der Waals surface area contributed by atoms with Crippen LogP contribution in [0.4, 0.5) is 13.2 Å². The Kier molecular flexibility index (Phi) is 6.32. The predicted octanol–water partition coefficient (Wildman–Crippen LogP) is 2.20. The van der Waals surface area contributed by atoms with Crippen molar-refractivity contribution in [3.05, 3.63) is 36.2 Å². The molecule has 1 aliphatic rings. The van der Waals surface area contributed by atoms with Gasteiger partial charge in [-0.15, -0.1) is 0 Å². The molecule has 134 valence electrons. The number of hydrogen-bond donors (Lipinski definition) is 1. The molecule has 0 aliphatic carbocycles. The van der Waals surface area contributed by atoms with Crippen molar-refractivity contribution in [1.82, 2.24) is 4.31 Å². The lowest BCUT2D eigenvalue weighted by Crippen LogP contribution is -2.32. The second-order valence-electron chi connectivity index (χ2n) is 4.89. The number of ether oxygens (including phenoxy) is 1. The van der Waals surface area contributed by atoms with Gasteiger partial charge < -0.3 is 10.5 Å². The fraction of sp³-hybridized carbons (Fsp3) is 0.429. The molecule has 1 aliphatic heterocycles. The number of rotatable bonds is 6. The monoisotopic (exact) mass is 382 g/mol. The van der Waals surface area contributed by atoms with Crippen LogP contribution in [0.3, 0.4) is 0 Å². The van der Waals surface area contributed by atoms with Crippen molar-refractivity contribution < 1.29 is 26.3 Å². The Morgan fingerprint density at radius 3 is 2.58 bits per heavy atom. The molecule has 1 aromatic rings. The third kappa shape index (κ3) is 3.94. The van der Waals surface area contributed by atoms with Gasteiger partial charge in [-0.2, -0.15) is 8.78 Å². The maximum absolute atomic E-state index is 14.1. The standard InChI is InChI=1S/C14H17F3N2O3S2/c15-13(5-6-18)14(16,17)24(20,21)12-4-2-1-3-11(12)23-19-7-9-22-10-8-19/h1-5H,6-10,18H2/b13-5-. The van der Waals surface area contributed by atoms with Gasteiger partial charge in [0.1, 0.15) is 0 Å². The zero-order chi connectivity index (χ0) is 17.8. The van der Waals surface area contributed by atoms with Gasteiger partial charge in [-0.1, -0.05) is 12.1 Å². The second kappa shape index (κ2) is 7.87. The minimum Gasteiger partial charge on any atom is -0.379 e. The predicted molar refractivity (Wildman–Crippen MR) is 85.1 cm³/mol. The molecular weight excluding hydrogens is 365 g/mol. The number of halogens is 3. The molecule has 1 saturated heterocycles. The van der Waals surface area contributed by atoms with Gasteiger partial charge >= 0.3 is 5.25 Å². The fourth-order valence-electron chi connectivity index (χ4n) is 2.01. The summed E-state index contributed by atoms with van der Waals surface area (Å²) in [6, 6.07) is 5.30. The molecule has 0 radical (unpaired) electrons. The van der Waals surface area contributed by atoms with E-state index in [-0.39, 0.29) is 4.90 Å². The molecule has 0 amide bonds. The average Bonchev–Trinajstić information content (AvgIpc) is 2.56. The average molecular weight is 382 g/mol. The Balaban J connectivity index is 2.38. The molecule has 0 aromatic heterocycles. The normalized spacial score (nSPS) is 17.9. The molecule has 0 bridgehead atoms. The van der Waals surface area contributed by atoms with Crippen LogP contribution in [0.1, 0.15) is 0 Å². The van der Waals surface area contributed by atoms with E-state index in [0.29, 0.717) is 32.4 Å². The highest BCUT2D eigenvalue weighted by Gasteiger charge is 2.51. The zero-order valence-corrected chi connectivity index (χ0v) is 14.3. The highest BCUT2D eigenvalue weighted by Crippen LogP contribution is 2.40. The molecule has 1 aromatic carbocycles. The minimum atomic E-state index is -5.25. The van der Waals surface area contributed by atoms with Crippen LogP contribution in [0.25, 0.3) is 0 Å². The molecule has 5 nitrogen and oxygen atoms in total. The number of sulfone groups is 1. The van der Waals surface area contributed by atoms with Gasteiger partial charge in [0.25, 0.3) is 9.84 Å². The van der Waals surface area contributed by atoms with Crippen molar-refractivity contribution >= 4 is 21.8 Å². The summed E-state index contributed by atoms with van der Waals surface area (Å²) in [4.78, 5) is -0.508. The van der Waals surface area contributed by atoms with Gasteiger partial charge in [0.15, 0.2) is 5.83 Å². The molecule has 0 spiro atoms. The number of morpholine rings is 1. The van der Waals surface area contributed by atoms with Crippen LogP contribution in [0, 0.1) is 0 Å². The summed E-state index contributed by atoms with van der Waals surface area (Å²) in [5.74, 6) is -2.07. The lowest BCUT2D eigenvalue weighted by Gasteiger charge is -2.26. The maximum Gasteiger partial charge on any atom is 0.400 e. The first-order valence-electron chi connectivity index (χ1n) is 7.09. The van der Waals surface area contributed by atoms with Gasteiger partial charge in [0.05, 0.1) is 18.1 Å². The van der Waals surface area contributed by atoms with Crippen molar-refractivity contribution in [3.8, 4) is 0 Å². The van der Waals surface area contributed by atoms with Crippen LogP contribution < -0.4 is 5.73 Å². The van der Waals surface area contributed by atoms with Crippen LogP contribution in [0.15, 0.2) is 46.0 Å². The highest BCUT2D eigenvalue weighted by atomic mass is 32.2. The summed E-state index contributed by atoms with van der Waals surface area (Å²) >= 11 is 1.03. The summed E-state index contributed by atoms with van der Waals surface area (Å²) in [6.07, 6.45) is 0.356. The number of alkyl halides is 2. The Bertz CT molecular complexity index is 705. The maximum atomic E-state index is 14.1. The smallest absolute Gasteiger partial charge is 0.379 e. The minimum absolute atomic E-state index is 0.111. The van der Waals surface area contributed by atoms with E-state index in [2.05, 4.69) is 0 Å². The number of benzene rings is 1. The second-order valence-corrected chi connectivity index (χ2v) is 7.99. The first-order chi connectivity index (χ1) is 11.3. The molecule has 2 N–H and O–H groups in total. The van der Waals surface area contributed by atoms with Gasteiger partial charge in [-0.3, -0.25) is 0 Å². The zero-order valence-electron chi connectivity index (χ0n) is 12.6. The Hall–Kier alpha value is -1.07. The van der Waals surface area contributed by atoms with Crippen LogP contribution in [0.5, 0.6) is 0 Å². The van der Waals surface area contributed by atoms with Crippen molar-refractivity contribution in [2.45, 2.75) is 15.0 Å². The molecule has 0 atom stereocenters. The van der Waals surface area contributed by atoms with E-state index in [9.17, 15) is 21.6 Å². The Morgan fingerprint density at radius 2 is 1.96 bits per heavy atom. The molecule has 24 heavy (non-hydrogen) atoms. The SMILES string of the molecule is NC/C=C(\F)C(F)(F)S(=O)(=O)c1ccccc1SN1CCOCC1. The summed E-state index contributed by atoms with van der Waals surface area (Å²) in [7, 11) is -5.25. The Labute approximate surface area is 142 Å². The first-order valence-corrected chi connectivity index (χ1v) is 9.34. The van der Waals surface area contributed by atoms with E-state index in [4.69, 9.17) is 10.5 Å². The summed E-state index contributed by atoms with van der Waals surface area (Å²) < 4.78 is 73.4. The number of nitrogens with zero attached hydrogens (tertiary/aromatic N) is 1. The molecule has 0 saturated carbocycles. The van der Waals surface area contributed by atoms with Gasteiger partial charge in [0, 0.05) is 24.5 Å². The van der Waals surface area contributed by atoms with E-state index >= 15 is 0 Å². The van der Waals surface area contributed by atoms with E-state index in [1.807, 2.05) is 4.31 Å². The van der Waals surface area contributed by atoms with Crippen LogP contribution in [-0.2, 0) is 14.6 Å². The summed E-state index contributed by atoms with van der Waals surface area (Å²) in [5.41, 5.74) is 4.99. The molecule has 0 unspecified atom stereocenters. The lowest BCUT2D eigenvalue weighted by molar-refractivity contribution is 0.0773. The molecule has 10 heteroatoms. The van der Waals surface area contributed by atoms with Crippen LogP contribution in [0.2, 0.25) is 0 Å². The number of hydrogen-bond acceptors (Lipinski definition) is 6. The highest BCUT2D eigenvalue weighted by molar-refractivity contribution is 7.98. The van der Waals surface area contributed by atoms with E-state index in [1.54, 1.807) is 0 Å². The van der Waals surface area contributed by atoms with Crippen molar-refractivity contribution in [2.24, 2.45) is 5.73 Å². The van der Waals surface area contributed by atoms with Crippen molar-refractivity contribution in [1.29, 1.82) is 0 Å². The fourth-order valence-corrected chi connectivity index (χ4v) is 4.57. The van der Waals surface area contributed by atoms with Gasteiger partial charge in [-0.25, -0.2) is 17.1 Å². The lowest BCUT2D eigenvalue weighted by atomic mass is 10.4. The molecular formula is C14H17F3N2O3S2. The topological polar surface area (TPSA) is 72.6 Å². The first kappa shape index (κ1) is 19.3. The van der Waals surface area contributed by atoms with Crippen molar-refractivity contribution in [3.63, 3.8) is 0 Å². The third-order valence-corrected chi connectivity index (χ3v) is 6.36. The van der Waals surface area contributed by atoms with E-state index in [0.717, 1.165) is 18.0 Å². The largest absolute Gasteiger partial charge is 0.400 e. The van der Waals surface area contributed by atoms with E-state index < -0.39 is 32.4 Å². The Morgan fingerprint density at radius 1 is 1.33 bits per heavy atom. The number of nitrogens with two attached hydrogens (primary N) is 1. The van der Waals surface area contributed by atoms with Crippen LogP contribution >= 0.6 is 11.9 Å². The van der Waals surface area contributed by atoms with Gasteiger partial charge in [-0.05, 0) is 30.2 Å². The molecule has 1 heterocycles. The summed E-state index contributed by atoms with van der Waals surface area (Å²) in [5, 5.41) is -4.67. The van der Waals surface area contributed by atoms with E-state index in [1.165, 1.54) is 18.2 Å². The molecule has 2 rings (SSSR count).